The Kier molecular flexibility index (Phi) is 2.21. The largest absolute Gasteiger partial charge is 0.402 e. The van der Waals surface area contributed by atoms with Crippen molar-refractivity contribution in [3.63, 3.8) is 0 Å². The van der Waals surface area contributed by atoms with Crippen LogP contribution in [0.25, 0.3) is 0 Å². The molecular weight excluding hydrogens is 160 g/mol. The number of allylic oxidation sites excluding steroid dienone is 5. The Balaban J connectivity index is 2.03. The molecule has 1 aliphatic carbocycles. The summed E-state index contributed by atoms with van der Waals surface area (Å²) in [6.45, 7) is 0. The molecule has 2 aliphatic rings. The van der Waals surface area contributed by atoms with Gasteiger partial charge in [0.1, 0.15) is 0 Å². The molecule has 1 aliphatic heterocycles. The SMILES string of the molecule is NC1=CC=C[C@@H]([C@@H]2C=CC=CN2)C1. The van der Waals surface area contributed by atoms with E-state index in [1.807, 2.05) is 24.4 Å². The lowest BCUT2D eigenvalue weighted by Gasteiger charge is -2.25. The molecular formula is C11H14N2. The molecule has 2 heteroatoms. The molecule has 0 aromatic rings. The van der Waals surface area contributed by atoms with Crippen LogP contribution in [0.5, 0.6) is 0 Å². The molecule has 2 atom stereocenters. The molecule has 2 rings (SSSR count). The second kappa shape index (κ2) is 3.52. The molecule has 68 valence electrons. The van der Waals surface area contributed by atoms with Crippen molar-refractivity contribution in [2.45, 2.75) is 12.5 Å². The van der Waals surface area contributed by atoms with Gasteiger partial charge in [-0.2, -0.15) is 0 Å². The first-order valence-electron chi connectivity index (χ1n) is 4.58. The van der Waals surface area contributed by atoms with Gasteiger partial charge in [0, 0.05) is 11.6 Å². The molecule has 0 fully saturated rings. The molecule has 0 saturated carbocycles. The first kappa shape index (κ1) is 8.17. The fraction of sp³-hybridized carbons (Fsp3) is 0.273. The van der Waals surface area contributed by atoms with Crippen LogP contribution in [0.1, 0.15) is 6.42 Å². The van der Waals surface area contributed by atoms with Crippen molar-refractivity contribution in [1.29, 1.82) is 0 Å². The van der Waals surface area contributed by atoms with Gasteiger partial charge in [-0.25, -0.2) is 0 Å². The van der Waals surface area contributed by atoms with E-state index < -0.39 is 0 Å². The lowest BCUT2D eigenvalue weighted by Crippen LogP contribution is -2.32. The smallest absolute Gasteiger partial charge is 0.0508 e. The van der Waals surface area contributed by atoms with E-state index in [4.69, 9.17) is 5.73 Å². The van der Waals surface area contributed by atoms with E-state index >= 15 is 0 Å². The third kappa shape index (κ3) is 1.83. The summed E-state index contributed by atoms with van der Waals surface area (Å²) in [6.07, 6.45) is 15.4. The second-order valence-electron chi connectivity index (χ2n) is 3.43. The topological polar surface area (TPSA) is 38.0 Å². The van der Waals surface area contributed by atoms with Crippen LogP contribution in [0, 0.1) is 5.92 Å². The Labute approximate surface area is 78.5 Å². The van der Waals surface area contributed by atoms with Gasteiger partial charge in [-0.15, -0.1) is 0 Å². The summed E-state index contributed by atoms with van der Waals surface area (Å²) in [5, 5.41) is 3.31. The van der Waals surface area contributed by atoms with Crippen molar-refractivity contribution >= 4 is 0 Å². The van der Waals surface area contributed by atoms with Crippen molar-refractivity contribution in [2.75, 3.05) is 0 Å². The van der Waals surface area contributed by atoms with E-state index in [1.54, 1.807) is 0 Å². The molecule has 1 heterocycles. The van der Waals surface area contributed by atoms with Crippen LogP contribution in [0.4, 0.5) is 0 Å². The number of dihydropyridines is 1. The summed E-state index contributed by atoms with van der Waals surface area (Å²) >= 11 is 0. The summed E-state index contributed by atoms with van der Waals surface area (Å²) in [5.74, 6) is 0.492. The number of nitrogens with one attached hydrogen (secondary N) is 1. The summed E-state index contributed by atoms with van der Waals surface area (Å²) < 4.78 is 0. The standard InChI is InChI=1S/C11H14N2/c12-10-5-3-4-9(8-10)11-6-1-2-7-13-11/h1-7,9,11,13H,8,12H2/t9-,11+/m1/s1. The Morgan fingerprint density at radius 3 is 2.85 bits per heavy atom. The van der Waals surface area contributed by atoms with Crippen LogP contribution in [0.3, 0.4) is 0 Å². The van der Waals surface area contributed by atoms with Crippen LogP contribution in [0.15, 0.2) is 48.4 Å². The number of nitrogens with two attached hydrogens (primary N) is 1. The van der Waals surface area contributed by atoms with Gasteiger partial charge in [0.25, 0.3) is 0 Å². The molecule has 2 nitrogen and oxygen atoms in total. The first-order valence-corrected chi connectivity index (χ1v) is 4.58. The third-order valence-electron chi connectivity index (χ3n) is 2.42. The summed E-state index contributed by atoms with van der Waals surface area (Å²) in [5.41, 5.74) is 6.74. The van der Waals surface area contributed by atoms with Gasteiger partial charge in [-0.05, 0) is 24.8 Å². The molecule has 0 saturated heterocycles. The van der Waals surface area contributed by atoms with Crippen LogP contribution in [-0.4, -0.2) is 6.04 Å². The fourth-order valence-corrected chi connectivity index (χ4v) is 1.70. The van der Waals surface area contributed by atoms with E-state index in [2.05, 4.69) is 23.5 Å². The maximum absolute atomic E-state index is 5.77. The molecule has 0 aromatic heterocycles. The minimum atomic E-state index is 0.397. The van der Waals surface area contributed by atoms with Crippen molar-refractivity contribution in [1.82, 2.24) is 5.32 Å². The highest BCUT2D eigenvalue weighted by Gasteiger charge is 2.18. The van der Waals surface area contributed by atoms with Gasteiger partial charge < -0.3 is 11.1 Å². The third-order valence-corrected chi connectivity index (χ3v) is 2.42. The van der Waals surface area contributed by atoms with Crippen LogP contribution >= 0.6 is 0 Å². The van der Waals surface area contributed by atoms with Gasteiger partial charge in [-0.3, -0.25) is 0 Å². The minimum absolute atomic E-state index is 0.397. The Hall–Kier alpha value is -1.44. The maximum Gasteiger partial charge on any atom is 0.0508 e. The maximum atomic E-state index is 5.77. The normalized spacial score (nSPS) is 31.2. The lowest BCUT2D eigenvalue weighted by molar-refractivity contribution is 0.508. The summed E-state index contributed by atoms with van der Waals surface area (Å²) in [4.78, 5) is 0. The lowest BCUT2D eigenvalue weighted by atomic mass is 9.90. The molecule has 3 N–H and O–H groups in total. The molecule has 0 bridgehead atoms. The van der Waals surface area contributed by atoms with Crippen molar-refractivity contribution in [3.05, 3.63) is 48.4 Å². The van der Waals surface area contributed by atoms with Gasteiger partial charge in [-0.1, -0.05) is 24.3 Å². The molecule has 0 unspecified atom stereocenters. The summed E-state index contributed by atoms with van der Waals surface area (Å²) in [6, 6.07) is 0.397. The quantitative estimate of drug-likeness (QED) is 0.631. The highest BCUT2D eigenvalue weighted by atomic mass is 14.9. The first-order chi connectivity index (χ1) is 6.36. The van der Waals surface area contributed by atoms with E-state index in [0.29, 0.717) is 12.0 Å². The predicted molar refractivity (Wildman–Crippen MR) is 54.7 cm³/mol. The Morgan fingerprint density at radius 2 is 2.15 bits per heavy atom. The monoisotopic (exact) mass is 174 g/mol. The van der Waals surface area contributed by atoms with Gasteiger partial charge >= 0.3 is 0 Å². The van der Waals surface area contributed by atoms with Gasteiger partial charge in [0.2, 0.25) is 0 Å². The van der Waals surface area contributed by atoms with Crippen LogP contribution < -0.4 is 11.1 Å². The molecule has 0 spiro atoms. The number of hydrogen-bond donors (Lipinski definition) is 2. The second-order valence-corrected chi connectivity index (χ2v) is 3.43. The zero-order valence-electron chi connectivity index (χ0n) is 7.48. The van der Waals surface area contributed by atoms with Crippen molar-refractivity contribution in [3.8, 4) is 0 Å². The van der Waals surface area contributed by atoms with E-state index in [0.717, 1.165) is 12.1 Å². The highest BCUT2D eigenvalue weighted by molar-refractivity contribution is 5.23. The van der Waals surface area contributed by atoms with Gasteiger partial charge in [0.15, 0.2) is 0 Å². The number of hydrogen-bond acceptors (Lipinski definition) is 2. The Bertz CT molecular complexity index is 297. The van der Waals surface area contributed by atoms with Crippen molar-refractivity contribution in [2.24, 2.45) is 11.7 Å². The highest BCUT2D eigenvalue weighted by Crippen LogP contribution is 2.20. The van der Waals surface area contributed by atoms with E-state index in [9.17, 15) is 0 Å². The molecule has 0 amide bonds. The fourth-order valence-electron chi connectivity index (χ4n) is 1.70. The van der Waals surface area contributed by atoms with E-state index in [1.165, 1.54) is 0 Å². The van der Waals surface area contributed by atoms with Gasteiger partial charge in [0.05, 0.1) is 6.04 Å². The zero-order valence-corrected chi connectivity index (χ0v) is 7.48. The van der Waals surface area contributed by atoms with Crippen molar-refractivity contribution < 1.29 is 0 Å². The molecule has 13 heavy (non-hydrogen) atoms. The van der Waals surface area contributed by atoms with Crippen LogP contribution in [-0.2, 0) is 0 Å². The van der Waals surface area contributed by atoms with E-state index in [-0.39, 0.29) is 0 Å². The molecule has 0 aromatic carbocycles. The predicted octanol–water partition coefficient (Wildman–Crippen LogP) is 1.45. The molecule has 0 radical (unpaired) electrons. The average Bonchev–Trinajstić information content (AvgIpc) is 2.19. The zero-order chi connectivity index (χ0) is 9.10. The Morgan fingerprint density at radius 1 is 1.23 bits per heavy atom. The van der Waals surface area contributed by atoms with Crippen LogP contribution in [0.2, 0.25) is 0 Å². The summed E-state index contributed by atoms with van der Waals surface area (Å²) in [7, 11) is 0. The minimum Gasteiger partial charge on any atom is -0.402 e. The number of rotatable bonds is 1. The average molecular weight is 174 g/mol.